The van der Waals surface area contributed by atoms with Gasteiger partial charge in [0.1, 0.15) is 0 Å². The van der Waals surface area contributed by atoms with E-state index < -0.39 is 13.4 Å². The number of ether oxygens (including phenoxy) is 3. The van der Waals surface area contributed by atoms with E-state index in [0.717, 1.165) is 12.8 Å². The summed E-state index contributed by atoms with van der Waals surface area (Å²) in [7, 11) is -2.96. The summed E-state index contributed by atoms with van der Waals surface area (Å²) in [6.07, 6.45) is 2.83. The summed E-state index contributed by atoms with van der Waals surface area (Å²) in [5, 5.41) is 0. The number of phosphoric acid groups is 1. The maximum absolute atomic E-state index is 11.0. The van der Waals surface area contributed by atoms with Gasteiger partial charge < -0.3 is 24.0 Å². The lowest BCUT2D eigenvalue weighted by Gasteiger charge is -2.33. The smallest absolute Gasteiger partial charge is 0.385 e. The molecule has 21 heavy (non-hydrogen) atoms. The minimum Gasteiger partial charge on any atom is -0.385 e. The molecule has 0 aromatic heterocycles. The Morgan fingerprint density at radius 2 is 1.76 bits per heavy atom. The molecule has 1 unspecified atom stereocenters. The first-order valence-corrected chi connectivity index (χ1v) is 8.83. The van der Waals surface area contributed by atoms with Crippen LogP contribution in [0.2, 0.25) is 0 Å². The Bertz CT molecular complexity index is 282. The number of hydrogen-bond acceptors (Lipinski definition) is 5. The Balaban J connectivity index is 4.75. The third kappa shape index (κ3) is 11.2. The maximum Gasteiger partial charge on any atom is 0.469 e. The van der Waals surface area contributed by atoms with Crippen molar-refractivity contribution in [2.45, 2.75) is 45.1 Å². The van der Waals surface area contributed by atoms with Crippen LogP contribution in [0, 0.1) is 0 Å². The Kier molecular flexibility index (Phi) is 11.5. The van der Waals surface area contributed by atoms with E-state index in [4.69, 9.17) is 24.0 Å². The fraction of sp³-hybridized carbons (Fsp3) is 1.00. The van der Waals surface area contributed by atoms with Gasteiger partial charge in [0.05, 0.1) is 12.2 Å². The first-order chi connectivity index (χ1) is 9.89. The zero-order valence-corrected chi connectivity index (χ0v) is 14.1. The van der Waals surface area contributed by atoms with Crippen LogP contribution < -0.4 is 0 Å². The van der Waals surface area contributed by atoms with Crippen LogP contribution in [0.15, 0.2) is 0 Å². The molecule has 8 heteroatoms. The average molecular weight is 328 g/mol. The summed E-state index contributed by atoms with van der Waals surface area (Å²) in [5.41, 5.74) is -0.804. The number of methoxy groups -OCH3 is 1. The fourth-order valence-electron chi connectivity index (χ4n) is 1.78. The van der Waals surface area contributed by atoms with Crippen molar-refractivity contribution in [1.82, 2.24) is 0 Å². The van der Waals surface area contributed by atoms with Crippen LogP contribution in [-0.4, -0.2) is 55.5 Å². The maximum atomic E-state index is 11.0. The van der Waals surface area contributed by atoms with Crippen molar-refractivity contribution in [1.29, 1.82) is 0 Å². The van der Waals surface area contributed by atoms with Gasteiger partial charge >= 0.3 is 7.82 Å². The van der Waals surface area contributed by atoms with Crippen LogP contribution in [0.1, 0.15) is 39.5 Å². The van der Waals surface area contributed by atoms with E-state index in [1.165, 1.54) is 0 Å². The van der Waals surface area contributed by atoms with E-state index >= 15 is 0 Å². The van der Waals surface area contributed by atoms with Crippen LogP contribution in [0.25, 0.3) is 0 Å². The molecule has 0 aliphatic carbocycles. The molecule has 2 N–H and O–H groups in total. The van der Waals surface area contributed by atoms with Gasteiger partial charge in [-0.05, 0) is 13.3 Å². The third-order valence-corrected chi connectivity index (χ3v) is 3.54. The first-order valence-electron chi connectivity index (χ1n) is 7.30. The van der Waals surface area contributed by atoms with Crippen LogP contribution in [0.3, 0.4) is 0 Å². The zero-order chi connectivity index (χ0) is 16.2. The van der Waals surface area contributed by atoms with Crippen molar-refractivity contribution in [3.8, 4) is 0 Å². The highest BCUT2D eigenvalue weighted by atomic mass is 31.2. The molecule has 7 nitrogen and oxygen atoms in total. The van der Waals surface area contributed by atoms with Crippen molar-refractivity contribution in [2.24, 2.45) is 0 Å². The Morgan fingerprint density at radius 1 is 1.10 bits per heavy atom. The van der Waals surface area contributed by atoms with Crippen LogP contribution in [0.5, 0.6) is 0 Å². The lowest BCUT2D eigenvalue weighted by atomic mass is 9.97. The molecular formula is C13H29O7P. The predicted octanol–water partition coefficient (Wildman–Crippen LogP) is 2.11. The second kappa shape index (κ2) is 11.5. The lowest BCUT2D eigenvalue weighted by molar-refractivity contribution is -0.107. The molecule has 0 rings (SSSR count). The highest BCUT2D eigenvalue weighted by Crippen LogP contribution is 2.38. The van der Waals surface area contributed by atoms with Gasteiger partial charge in [0.25, 0.3) is 0 Å². The molecule has 0 saturated heterocycles. The number of hydrogen-bond donors (Lipinski definition) is 2. The van der Waals surface area contributed by atoms with Crippen LogP contribution in [-0.2, 0) is 23.3 Å². The van der Waals surface area contributed by atoms with Crippen molar-refractivity contribution in [3.63, 3.8) is 0 Å². The quantitative estimate of drug-likeness (QED) is 0.372. The summed E-state index contributed by atoms with van der Waals surface area (Å²) < 4.78 is 31.9. The Labute approximate surface area is 127 Å². The molecular weight excluding hydrogens is 299 g/mol. The van der Waals surface area contributed by atoms with Crippen LogP contribution >= 0.6 is 7.82 Å². The zero-order valence-electron chi connectivity index (χ0n) is 13.2. The van der Waals surface area contributed by atoms with Crippen molar-refractivity contribution < 1.29 is 33.1 Å². The average Bonchev–Trinajstić information content (AvgIpc) is 2.42. The molecule has 0 heterocycles. The molecule has 0 fully saturated rings. The second-order valence-corrected chi connectivity index (χ2v) is 6.08. The Morgan fingerprint density at radius 3 is 2.29 bits per heavy atom. The van der Waals surface area contributed by atoms with E-state index in [1.54, 1.807) is 7.11 Å². The molecule has 0 saturated carbocycles. The summed E-state index contributed by atoms with van der Waals surface area (Å²) >= 11 is 0. The molecule has 0 aliphatic heterocycles. The van der Waals surface area contributed by atoms with Gasteiger partial charge in [0.2, 0.25) is 0 Å². The van der Waals surface area contributed by atoms with Crippen LogP contribution in [0.4, 0.5) is 0 Å². The van der Waals surface area contributed by atoms with E-state index in [-0.39, 0.29) is 6.61 Å². The first kappa shape index (κ1) is 21.0. The van der Waals surface area contributed by atoms with Gasteiger partial charge in [-0.2, -0.15) is 0 Å². The largest absolute Gasteiger partial charge is 0.469 e. The molecule has 0 aliphatic rings. The highest BCUT2D eigenvalue weighted by Gasteiger charge is 2.34. The molecule has 0 bridgehead atoms. The van der Waals surface area contributed by atoms with Gasteiger partial charge in [-0.15, -0.1) is 0 Å². The normalized spacial score (nSPS) is 15.1. The van der Waals surface area contributed by atoms with Crippen molar-refractivity contribution >= 4 is 7.82 Å². The monoisotopic (exact) mass is 328 g/mol. The number of phosphoric ester groups is 1. The minimum absolute atomic E-state index is 0.183. The van der Waals surface area contributed by atoms with E-state index in [0.29, 0.717) is 39.3 Å². The number of rotatable bonds is 14. The minimum atomic E-state index is -4.53. The molecule has 0 amide bonds. The second-order valence-electron chi connectivity index (χ2n) is 4.84. The topological polar surface area (TPSA) is 94.5 Å². The standard InChI is InChI=1S/C13H29O7P/c1-4-6-9-19-13(7-10-17-3,8-11-18-5-2)12-20-21(14,15)16/h4-12H2,1-3H3,(H2,14,15,16). The van der Waals surface area contributed by atoms with Gasteiger partial charge in [-0.3, -0.25) is 4.52 Å². The SMILES string of the molecule is CCCCOC(CCOC)(CCOCC)COP(=O)(O)O. The molecule has 1 atom stereocenters. The van der Waals surface area contributed by atoms with Gasteiger partial charge in [0.15, 0.2) is 0 Å². The lowest BCUT2D eigenvalue weighted by Crippen LogP contribution is -2.40. The van der Waals surface area contributed by atoms with E-state index in [1.807, 2.05) is 13.8 Å². The summed E-state index contributed by atoms with van der Waals surface area (Å²) in [4.78, 5) is 17.8. The van der Waals surface area contributed by atoms with Gasteiger partial charge in [0, 0.05) is 46.4 Å². The fourth-order valence-corrected chi connectivity index (χ4v) is 2.18. The summed E-state index contributed by atoms with van der Waals surface area (Å²) in [6, 6.07) is 0. The summed E-state index contributed by atoms with van der Waals surface area (Å²) in [6.45, 7) is 5.70. The highest BCUT2D eigenvalue weighted by molar-refractivity contribution is 7.46. The predicted molar refractivity (Wildman–Crippen MR) is 79.2 cm³/mol. The van der Waals surface area contributed by atoms with Gasteiger partial charge in [-0.1, -0.05) is 13.3 Å². The molecule has 128 valence electrons. The third-order valence-electron chi connectivity index (χ3n) is 3.07. The summed E-state index contributed by atoms with van der Waals surface area (Å²) in [5.74, 6) is 0. The van der Waals surface area contributed by atoms with Gasteiger partial charge in [-0.25, -0.2) is 4.57 Å². The van der Waals surface area contributed by atoms with Crippen molar-refractivity contribution in [3.05, 3.63) is 0 Å². The van der Waals surface area contributed by atoms with E-state index in [9.17, 15) is 4.57 Å². The van der Waals surface area contributed by atoms with Crippen molar-refractivity contribution in [2.75, 3.05) is 40.1 Å². The molecule has 0 aromatic rings. The molecule has 0 radical (unpaired) electrons. The number of unbranched alkanes of at least 4 members (excludes halogenated alkanes) is 1. The Hall–Kier alpha value is -0.0100. The van der Waals surface area contributed by atoms with E-state index in [2.05, 4.69) is 4.52 Å². The molecule has 0 aromatic carbocycles. The molecule has 0 spiro atoms.